The predicted octanol–water partition coefficient (Wildman–Crippen LogP) is 2.51. The van der Waals surface area contributed by atoms with Gasteiger partial charge in [-0.15, -0.1) is 0 Å². The van der Waals surface area contributed by atoms with Gasteiger partial charge in [-0.25, -0.2) is 0 Å². The molecule has 0 spiro atoms. The van der Waals surface area contributed by atoms with Crippen molar-refractivity contribution in [2.45, 2.75) is 6.54 Å². The highest BCUT2D eigenvalue weighted by Crippen LogP contribution is 2.19. The maximum Gasteiger partial charge on any atom is 0.0233 e. The normalized spacial score (nSPS) is 18.5. The Balaban J connectivity index is 1.81. The molecule has 0 aromatic heterocycles. The molecule has 0 atom stereocenters. The van der Waals surface area contributed by atoms with E-state index in [1.54, 1.807) is 0 Å². The molecule has 2 heteroatoms. The van der Waals surface area contributed by atoms with Crippen LogP contribution < -0.4 is 0 Å². The Morgan fingerprint density at radius 2 is 1.92 bits per heavy atom. The molecule has 1 aliphatic heterocycles. The molecule has 0 radical (unpaired) electrons. The molecule has 1 aromatic rings. The van der Waals surface area contributed by atoms with Crippen LogP contribution in [-0.2, 0) is 6.54 Å². The van der Waals surface area contributed by atoms with Crippen LogP contribution in [-0.4, -0.2) is 23.3 Å². The lowest BCUT2D eigenvalue weighted by Crippen LogP contribution is -2.46. The van der Waals surface area contributed by atoms with Gasteiger partial charge in [0.2, 0.25) is 0 Å². The predicted molar refractivity (Wildman–Crippen MR) is 59.0 cm³/mol. The molecule has 1 heterocycles. The molecule has 1 fully saturated rings. The molecule has 1 aromatic carbocycles. The highest BCUT2D eigenvalue weighted by Gasteiger charge is 2.24. The standard InChI is InChI=1S/C11H14BrN/c12-6-11-8-13(9-11)7-10-4-2-1-3-5-10/h1-5,11H,6-9H2. The van der Waals surface area contributed by atoms with E-state index in [9.17, 15) is 0 Å². The van der Waals surface area contributed by atoms with E-state index in [-0.39, 0.29) is 0 Å². The van der Waals surface area contributed by atoms with E-state index in [4.69, 9.17) is 0 Å². The first-order valence-electron chi connectivity index (χ1n) is 4.70. The van der Waals surface area contributed by atoms with Gasteiger partial charge in [0.15, 0.2) is 0 Å². The van der Waals surface area contributed by atoms with Gasteiger partial charge < -0.3 is 0 Å². The number of hydrogen-bond acceptors (Lipinski definition) is 1. The van der Waals surface area contributed by atoms with Gasteiger partial charge in [-0.2, -0.15) is 0 Å². The zero-order chi connectivity index (χ0) is 9.10. The Morgan fingerprint density at radius 3 is 2.54 bits per heavy atom. The third-order valence-corrected chi connectivity index (χ3v) is 3.42. The van der Waals surface area contributed by atoms with Crippen LogP contribution in [0.2, 0.25) is 0 Å². The van der Waals surface area contributed by atoms with Crippen molar-refractivity contribution < 1.29 is 0 Å². The van der Waals surface area contributed by atoms with E-state index in [1.807, 2.05) is 0 Å². The van der Waals surface area contributed by atoms with E-state index in [0.717, 1.165) is 17.8 Å². The van der Waals surface area contributed by atoms with Crippen molar-refractivity contribution in [1.29, 1.82) is 0 Å². The molecule has 0 aliphatic carbocycles. The van der Waals surface area contributed by atoms with E-state index in [0.29, 0.717) is 0 Å². The van der Waals surface area contributed by atoms with Crippen LogP contribution >= 0.6 is 15.9 Å². The summed E-state index contributed by atoms with van der Waals surface area (Å²) in [6.07, 6.45) is 0. The summed E-state index contributed by atoms with van der Waals surface area (Å²) in [4.78, 5) is 2.49. The van der Waals surface area contributed by atoms with E-state index < -0.39 is 0 Å². The van der Waals surface area contributed by atoms with Crippen molar-refractivity contribution in [2.24, 2.45) is 5.92 Å². The van der Waals surface area contributed by atoms with Gasteiger partial charge in [-0.3, -0.25) is 4.90 Å². The molecular weight excluding hydrogens is 226 g/mol. The highest BCUT2D eigenvalue weighted by molar-refractivity contribution is 9.09. The van der Waals surface area contributed by atoms with Crippen molar-refractivity contribution in [1.82, 2.24) is 4.90 Å². The van der Waals surface area contributed by atoms with Gasteiger partial charge in [-0.1, -0.05) is 46.3 Å². The first-order chi connectivity index (χ1) is 6.38. The second-order valence-electron chi connectivity index (χ2n) is 3.70. The van der Waals surface area contributed by atoms with Crippen molar-refractivity contribution >= 4 is 15.9 Å². The van der Waals surface area contributed by atoms with Gasteiger partial charge in [0.05, 0.1) is 0 Å². The zero-order valence-corrected chi connectivity index (χ0v) is 9.20. The first kappa shape index (κ1) is 9.22. The minimum Gasteiger partial charge on any atom is -0.298 e. The molecule has 13 heavy (non-hydrogen) atoms. The summed E-state index contributed by atoms with van der Waals surface area (Å²) < 4.78 is 0. The Morgan fingerprint density at radius 1 is 1.23 bits per heavy atom. The number of hydrogen-bond donors (Lipinski definition) is 0. The van der Waals surface area contributed by atoms with Crippen LogP contribution in [0.3, 0.4) is 0 Å². The number of alkyl halides is 1. The average molecular weight is 240 g/mol. The fraction of sp³-hybridized carbons (Fsp3) is 0.455. The Bertz CT molecular complexity index is 254. The number of rotatable bonds is 3. The van der Waals surface area contributed by atoms with Crippen LogP contribution in [0.5, 0.6) is 0 Å². The van der Waals surface area contributed by atoms with Gasteiger partial charge in [0, 0.05) is 25.0 Å². The zero-order valence-electron chi connectivity index (χ0n) is 7.62. The lowest BCUT2D eigenvalue weighted by molar-refractivity contribution is 0.108. The lowest BCUT2D eigenvalue weighted by atomic mass is 10.0. The van der Waals surface area contributed by atoms with Gasteiger partial charge in [0.25, 0.3) is 0 Å². The third kappa shape index (κ3) is 2.32. The number of likely N-dealkylation sites (tertiary alicyclic amines) is 1. The van der Waals surface area contributed by atoms with Crippen molar-refractivity contribution in [3.05, 3.63) is 35.9 Å². The smallest absolute Gasteiger partial charge is 0.0233 e. The summed E-state index contributed by atoms with van der Waals surface area (Å²) in [5, 5.41) is 1.15. The van der Waals surface area contributed by atoms with Gasteiger partial charge >= 0.3 is 0 Å². The van der Waals surface area contributed by atoms with Gasteiger partial charge in [-0.05, 0) is 11.5 Å². The molecule has 0 saturated carbocycles. The Hall–Kier alpha value is -0.340. The van der Waals surface area contributed by atoms with Gasteiger partial charge in [0.1, 0.15) is 0 Å². The summed E-state index contributed by atoms with van der Waals surface area (Å²) in [5.41, 5.74) is 1.43. The van der Waals surface area contributed by atoms with Crippen LogP contribution in [0.1, 0.15) is 5.56 Å². The topological polar surface area (TPSA) is 3.24 Å². The van der Waals surface area contributed by atoms with Crippen LogP contribution in [0.25, 0.3) is 0 Å². The van der Waals surface area contributed by atoms with Crippen LogP contribution in [0.4, 0.5) is 0 Å². The maximum absolute atomic E-state index is 3.51. The molecule has 70 valence electrons. The Kier molecular flexibility index (Phi) is 3.01. The third-order valence-electron chi connectivity index (χ3n) is 2.50. The van der Waals surface area contributed by atoms with E-state index >= 15 is 0 Å². The number of nitrogens with zero attached hydrogens (tertiary/aromatic N) is 1. The minimum absolute atomic E-state index is 0.878. The monoisotopic (exact) mass is 239 g/mol. The fourth-order valence-electron chi connectivity index (χ4n) is 1.75. The number of halogens is 1. The maximum atomic E-state index is 3.51. The molecule has 1 saturated heterocycles. The SMILES string of the molecule is BrCC1CN(Cc2ccccc2)C1. The van der Waals surface area contributed by atoms with Crippen molar-refractivity contribution in [3.63, 3.8) is 0 Å². The van der Waals surface area contributed by atoms with Crippen LogP contribution in [0.15, 0.2) is 30.3 Å². The molecule has 2 rings (SSSR count). The Labute approximate surface area is 87.9 Å². The van der Waals surface area contributed by atoms with Crippen LogP contribution in [0, 0.1) is 5.92 Å². The van der Waals surface area contributed by atoms with Crippen molar-refractivity contribution in [2.75, 3.05) is 18.4 Å². The molecule has 0 amide bonds. The summed E-state index contributed by atoms with van der Waals surface area (Å²) >= 11 is 3.51. The summed E-state index contributed by atoms with van der Waals surface area (Å²) in [7, 11) is 0. The number of benzene rings is 1. The molecule has 0 unspecified atom stereocenters. The quantitative estimate of drug-likeness (QED) is 0.734. The largest absolute Gasteiger partial charge is 0.298 e. The molecule has 0 N–H and O–H groups in total. The second kappa shape index (κ2) is 4.25. The van der Waals surface area contributed by atoms with Crippen molar-refractivity contribution in [3.8, 4) is 0 Å². The summed E-state index contributed by atoms with van der Waals surface area (Å²) in [5.74, 6) is 0.878. The fourth-order valence-corrected chi connectivity index (χ4v) is 2.15. The first-order valence-corrected chi connectivity index (χ1v) is 5.83. The molecule has 1 nitrogen and oxygen atoms in total. The molecule has 0 bridgehead atoms. The van der Waals surface area contributed by atoms with E-state index in [1.165, 1.54) is 18.7 Å². The average Bonchev–Trinajstić information content (AvgIpc) is 2.12. The van der Waals surface area contributed by atoms with E-state index in [2.05, 4.69) is 51.2 Å². The molecular formula is C11H14BrN. The minimum atomic E-state index is 0.878. The highest BCUT2D eigenvalue weighted by atomic mass is 79.9. The summed E-state index contributed by atoms with van der Waals surface area (Å²) in [6.45, 7) is 3.62. The molecule has 1 aliphatic rings. The second-order valence-corrected chi connectivity index (χ2v) is 4.35. The lowest BCUT2D eigenvalue weighted by Gasteiger charge is -2.38. The summed E-state index contributed by atoms with van der Waals surface area (Å²) in [6, 6.07) is 10.7.